The third-order valence-electron chi connectivity index (χ3n) is 4.09. The van der Waals surface area contributed by atoms with Gasteiger partial charge in [-0.15, -0.1) is 0 Å². The summed E-state index contributed by atoms with van der Waals surface area (Å²) in [6.45, 7) is 3.86. The first-order chi connectivity index (χ1) is 11.2. The topological polar surface area (TPSA) is 55.6 Å². The van der Waals surface area contributed by atoms with E-state index in [1.54, 1.807) is 17.9 Å². The predicted octanol–water partition coefficient (Wildman–Crippen LogP) is 2.85. The molecule has 0 radical (unpaired) electrons. The molecule has 5 nitrogen and oxygen atoms in total. The Kier molecular flexibility index (Phi) is 5.08. The highest BCUT2D eigenvalue weighted by molar-refractivity contribution is 5.92. The molecule has 0 bridgehead atoms. The SMILES string of the molecule is Cc1cc(C(=O)N2CCC(OCCCc3ccccc3)C2)no1. The van der Waals surface area contributed by atoms with E-state index in [-0.39, 0.29) is 12.0 Å². The van der Waals surface area contributed by atoms with E-state index in [4.69, 9.17) is 9.26 Å². The third-order valence-corrected chi connectivity index (χ3v) is 4.09. The van der Waals surface area contributed by atoms with Crippen LogP contribution in [0.4, 0.5) is 0 Å². The minimum atomic E-state index is -0.0720. The molecule has 1 aromatic carbocycles. The van der Waals surface area contributed by atoms with E-state index in [0.29, 0.717) is 24.5 Å². The first-order valence-corrected chi connectivity index (χ1v) is 8.10. The van der Waals surface area contributed by atoms with E-state index in [1.807, 2.05) is 6.07 Å². The van der Waals surface area contributed by atoms with Crippen LogP contribution in [-0.4, -0.2) is 41.8 Å². The van der Waals surface area contributed by atoms with Crippen LogP contribution in [0.2, 0.25) is 0 Å². The number of rotatable bonds is 6. The molecule has 0 spiro atoms. The van der Waals surface area contributed by atoms with Gasteiger partial charge in [-0.3, -0.25) is 4.79 Å². The van der Waals surface area contributed by atoms with Gasteiger partial charge in [-0.2, -0.15) is 0 Å². The maximum atomic E-state index is 12.3. The molecule has 2 heterocycles. The number of aromatic nitrogens is 1. The van der Waals surface area contributed by atoms with Crippen molar-refractivity contribution in [3.8, 4) is 0 Å². The molecular weight excluding hydrogens is 292 g/mol. The Bertz CT molecular complexity index is 639. The largest absolute Gasteiger partial charge is 0.376 e. The summed E-state index contributed by atoms with van der Waals surface area (Å²) in [6, 6.07) is 12.1. The van der Waals surface area contributed by atoms with Crippen molar-refractivity contribution < 1.29 is 14.1 Å². The predicted molar refractivity (Wildman–Crippen MR) is 86.3 cm³/mol. The van der Waals surface area contributed by atoms with Gasteiger partial charge in [0.15, 0.2) is 5.69 Å². The van der Waals surface area contributed by atoms with Crippen molar-refractivity contribution in [2.75, 3.05) is 19.7 Å². The second-order valence-electron chi connectivity index (χ2n) is 5.94. The average molecular weight is 314 g/mol. The van der Waals surface area contributed by atoms with Crippen LogP contribution in [0, 0.1) is 6.92 Å². The molecule has 0 saturated carbocycles. The molecule has 23 heavy (non-hydrogen) atoms. The fraction of sp³-hybridized carbons (Fsp3) is 0.444. The summed E-state index contributed by atoms with van der Waals surface area (Å²) >= 11 is 0. The molecule has 1 aliphatic heterocycles. The molecule has 0 aliphatic carbocycles. The molecule has 2 aromatic rings. The summed E-state index contributed by atoms with van der Waals surface area (Å²) in [7, 11) is 0. The molecule has 1 atom stereocenters. The number of benzene rings is 1. The average Bonchev–Trinajstić information content (AvgIpc) is 3.21. The van der Waals surface area contributed by atoms with E-state index < -0.39 is 0 Å². The van der Waals surface area contributed by atoms with Crippen molar-refractivity contribution >= 4 is 5.91 Å². The summed E-state index contributed by atoms with van der Waals surface area (Å²) < 4.78 is 10.9. The van der Waals surface area contributed by atoms with Crippen LogP contribution in [0.3, 0.4) is 0 Å². The Morgan fingerprint density at radius 1 is 1.39 bits per heavy atom. The van der Waals surface area contributed by atoms with Gasteiger partial charge < -0.3 is 14.2 Å². The molecule has 1 saturated heterocycles. The van der Waals surface area contributed by atoms with Crippen LogP contribution in [0.1, 0.15) is 34.7 Å². The molecule has 0 N–H and O–H groups in total. The maximum absolute atomic E-state index is 12.3. The van der Waals surface area contributed by atoms with E-state index in [0.717, 1.165) is 25.9 Å². The summed E-state index contributed by atoms with van der Waals surface area (Å²) in [4.78, 5) is 14.1. The molecule has 1 amide bonds. The first-order valence-electron chi connectivity index (χ1n) is 8.10. The van der Waals surface area contributed by atoms with Crippen LogP contribution in [0.5, 0.6) is 0 Å². The van der Waals surface area contributed by atoms with Gasteiger partial charge in [-0.25, -0.2) is 0 Å². The van der Waals surface area contributed by atoms with Gasteiger partial charge in [0.25, 0.3) is 5.91 Å². The van der Waals surface area contributed by atoms with Crippen LogP contribution in [0.15, 0.2) is 40.9 Å². The van der Waals surface area contributed by atoms with Gasteiger partial charge in [-0.1, -0.05) is 35.5 Å². The molecule has 1 aromatic heterocycles. The van der Waals surface area contributed by atoms with Crippen molar-refractivity contribution in [2.24, 2.45) is 0 Å². The normalized spacial score (nSPS) is 17.6. The highest BCUT2D eigenvalue weighted by atomic mass is 16.5. The maximum Gasteiger partial charge on any atom is 0.276 e. The highest BCUT2D eigenvalue weighted by Gasteiger charge is 2.28. The molecule has 3 rings (SSSR count). The molecular formula is C18H22N2O3. The monoisotopic (exact) mass is 314 g/mol. The van der Waals surface area contributed by atoms with Gasteiger partial charge in [0.2, 0.25) is 0 Å². The number of ether oxygens (including phenoxy) is 1. The Morgan fingerprint density at radius 2 is 2.22 bits per heavy atom. The fourth-order valence-electron chi connectivity index (χ4n) is 2.85. The third kappa shape index (κ3) is 4.20. The van der Waals surface area contributed by atoms with Gasteiger partial charge in [0.05, 0.1) is 6.10 Å². The first kappa shape index (κ1) is 15.7. The number of amides is 1. The van der Waals surface area contributed by atoms with Gasteiger partial charge >= 0.3 is 0 Å². The van der Waals surface area contributed by atoms with Crippen LogP contribution in [-0.2, 0) is 11.2 Å². The summed E-state index contributed by atoms with van der Waals surface area (Å²) in [5.74, 6) is 0.582. The molecule has 5 heteroatoms. The van der Waals surface area contributed by atoms with E-state index >= 15 is 0 Å². The van der Waals surface area contributed by atoms with E-state index in [1.165, 1.54) is 5.56 Å². The summed E-state index contributed by atoms with van der Waals surface area (Å²) in [5, 5.41) is 3.79. The Labute approximate surface area is 136 Å². The zero-order chi connectivity index (χ0) is 16.1. The van der Waals surface area contributed by atoms with Crippen LogP contribution >= 0.6 is 0 Å². The number of hydrogen-bond acceptors (Lipinski definition) is 4. The number of nitrogens with zero attached hydrogens (tertiary/aromatic N) is 2. The second kappa shape index (κ2) is 7.42. The van der Waals surface area contributed by atoms with Crippen LogP contribution in [0.25, 0.3) is 0 Å². The summed E-state index contributed by atoms with van der Waals surface area (Å²) in [6.07, 6.45) is 3.03. The molecule has 1 aliphatic rings. The van der Waals surface area contributed by atoms with Crippen LogP contribution < -0.4 is 0 Å². The quantitative estimate of drug-likeness (QED) is 0.769. The van der Waals surface area contributed by atoms with Gasteiger partial charge in [0, 0.05) is 25.8 Å². The lowest BCUT2D eigenvalue weighted by Crippen LogP contribution is -2.30. The second-order valence-corrected chi connectivity index (χ2v) is 5.94. The zero-order valence-electron chi connectivity index (χ0n) is 13.4. The lowest BCUT2D eigenvalue weighted by Gasteiger charge is -2.15. The summed E-state index contributed by atoms with van der Waals surface area (Å²) in [5.41, 5.74) is 1.72. The Morgan fingerprint density at radius 3 is 2.96 bits per heavy atom. The number of carbonyl (C=O) groups is 1. The standard InChI is InChI=1S/C18H22N2O3/c1-14-12-17(19-23-14)18(21)20-10-9-16(13-20)22-11-5-8-15-6-3-2-4-7-15/h2-4,6-7,12,16H,5,8-11,13H2,1H3. The van der Waals surface area contributed by atoms with Crippen molar-refractivity contribution in [1.29, 1.82) is 0 Å². The smallest absolute Gasteiger partial charge is 0.276 e. The molecule has 1 fully saturated rings. The van der Waals surface area contributed by atoms with E-state index in [2.05, 4.69) is 29.4 Å². The fourth-order valence-corrected chi connectivity index (χ4v) is 2.85. The zero-order valence-corrected chi connectivity index (χ0v) is 13.4. The number of aryl methyl sites for hydroxylation is 2. The number of carbonyl (C=O) groups excluding carboxylic acids is 1. The Hall–Kier alpha value is -2.14. The minimum absolute atomic E-state index is 0.0720. The number of likely N-dealkylation sites (tertiary alicyclic amines) is 1. The molecule has 122 valence electrons. The Balaban J connectivity index is 1.39. The van der Waals surface area contributed by atoms with E-state index in [9.17, 15) is 4.79 Å². The van der Waals surface area contributed by atoms with Crippen molar-refractivity contribution in [3.63, 3.8) is 0 Å². The van der Waals surface area contributed by atoms with Crippen molar-refractivity contribution in [1.82, 2.24) is 10.1 Å². The van der Waals surface area contributed by atoms with Gasteiger partial charge in [0.1, 0.15) is 5.76 Å². The minimum Gasteiger partial charge on any atom is -0.376 e. The highest BCUT2D eigenvalue weighted by Crippen LogP contribution is 2.16. The van der Waals surface area contributed by atoms with Crippen molar-refractivity contribution in [3.05, 3.63) is 53.4 Å². The van der Waals surface area contributed by atoms with Crippen molar-refractivity contribution in [2.45, 2.75) is 32.3 Å². The lowest BCUT2D eigenvalue weighted by molar-refractivity contribution is 0.0521. The number of hydrogen-bond donors (Lipinski definition) is 0. The molecule has 1 unspecified atom stereocenters. The lowest BCUT2D eigenvalue weighted by atomic mass is 10.1. The van der Waals surface area contributed by atoms with Gasteiger partial charge in [-0.05, 0) is 31.7 Å².